The average Bonchev–Trinajstić information content (AvgIpc) is 2.83. The number of fused-ring (bicyclic) bond motifs is 1. The van der Waals surface area contributed by atoms with Crippen LogP contribution in [0.3, 0.4) is 0 Å². The summed E-state index contributed by atoms with van der Waals surface area (Å²) in [4.78, 5) is 11.4. The molecule has 0 amide bonds. The topological polar surface area (TPSA) is 46.5 Å². The second-order valence-corrected chi connectivity index (χ2v) is 5.77. The number of hydrogen-bond acceptors (Lipinski definition) is 2. The lowest BCUT2D eigenvalue weighted by molar-refractivity contribution is -0.145. The maximum Gasteiger partial charge on any atom is 0.306 e. The van der Waals surface area contributed by atoms with Crippen molar-refractivity contribution < 1.29 is 14.6 Å². The van der Waals surface area contributed by atoms with E-state index in [0.717, 1.165) is 31.4 Å². The maximum atomic E-state index is 11.4. The SMILES string of the molecule is O=C(O)C1CCCCC1CC1COc2ccccc21. The van der Waals surface area contributed by atoms with Crippen molar-refractivity contribution in [1.29, 1.82) is 0 Å². The lowest BCUT2D eigenvalue weighted by Gasteiger charge is -2.30. The van der Waals surface area contributed by atoms with E-state index in [1.165, 1.54) is 12.0 Å². The number of aliphatic carboxylic acids is 1. The first-order valence-electron chi connectivity index (χ1n) is 7.20. The largest absolute Gasteiger partial charge is 0.493 e. The van der Waals surface area contributed by atoms with Crippen molar-refractivity contribution >= 4 is 5.97 Å². The molecule has 1 aromatic carbocycles. The smallest absolute Gasteiger partial charge is 0.306 e. The molecule has 1 aromatic rings. The second kappa shape index (κ2) is 5.24. The summed E-state index contributed by atoms with van der Waals surface area (Å²) in [7, 11) is 0. The van der Waals surface area contributed by atoms with Crippen LogP contribution < -0.4 is 4.74 Å². The van der Waals surface area contributed by atoms with Crippen LogP contribution >= 0.6 is 0 Å². The summed E-state index contributed by atoms with van der Waals surface area (Å²) in [5.41, 5.74) is 1.26. The Kier molecular flexibility index (Phi) is 3.45. The zero-order valence-electron chi connectivity index (χ0n) is 11.0. The van der Waals surface area contributed by atoms with Crippen molar-refractivity contribution in [3.05, 3.63) is 29.8 Å². The van der Waals surface area contributed by atoms with E-state index in [9.17, 15) is 9.90 Å². The van der Waals surface area contributed by atoms with Gasteiger partial charge in [-0.25, -0.2) is 0 Å². The van der Waals surface area contributed by atoms with Crippen LogP contribution in [-0.4, -0.2) is 17.7 Å². The predicted octanol–water partition coefficient (Wildman–Crippen LogP) is 3.44. The summed E-state index contributed by atoms with van der Waals surface area (Å²) in [6.45, 7) is 0.711. The summed E-state index contributed by atoms with van der Waals surface area (Å²) in [6.07, 6.45) is 5.08. The van der Waals surface area contributed by atoms with Crippen LogP contribution in [0.5, 0.6) is 5.75 Å². The van der Waals surface area contributed by atoms with Gasteiger partial charge >= 0.3 is 5.97 Å². The normalized spacial score (nSPS) is 29.6. The Morgan fingerprint density at radius 2 is 2.05 bits per heavy atom. The molecule has 1 N–H and O–H groups in total. The Morgan fingerprint density at radius 3 is 2.89 bits per heavy atom. The van der Waals surface area contributed by atoms with Gasteiger partial charge < -0.3 is 9.84 Å². The van der Waals surface area contributed by atoms with E-state index in [1.54, 1.807) is 0 Å². The minimum absolute atomic E-state index is 0.151. The van der Waals surface area contributed by atoms with Crippen molar-refractivity contribution in [2.45, 2.75) is 38.0 Å². The van der Waals surface area contributed by atoms with E-state index < -0.39 is 5.97 Å². The van der Waals surface area contributed by atoms with Gasteiger partial charge in [0.15, 0.2) is 0 Å². The first-order chi connectivity index (χ1) is 9.25. The van der Waals surface area contributed by atoms with Gasteiger partial charge in [-0.15, -0.1) is 0 Å². The first kappa shape index (κ1) is 12.5. The molecule has 3 unspecified atom stereocenters. The zero-order chi connectivity index (χ0) is 13.2. The Hall–Kier alpha value is -1.51. The molecule has 102 valence electrons. The lowest BCUT2D eigenvalue weighted by Crippen LogP contribution is -2.28. The highest BCUT2D eigenvalue weighted by Crippen LogP contribution is 2.42. The van der Waals surface area contributed by atoms with E-state index in [2.05, 4.69) is 6.07 Å². The fourth-order valence-electron chi connectivity index (χ4n) is 3.60. The molecule has 3 nitrogen and oxygen atoms in total. The first-order valence-corrected chi connectivity index (χ1v) is 7.20. The molecule has 2 aliphatic rings. The van der Waals surface area contributed by atoms with E-state index in [0.29, 0.717) is 18.4 Å². The molecule has 0 radical (unpaired) electrons. The molecule has 1 saturated carbocycles. The quantitative estimate of drug-likeness (QED) is 0.905. The van der Waals surface area contributed by atoms with Gasteiger partial charge in [-0.3, -0.25) is 4.79 Å². The summed E-state index contributed by atoms with van der Waals surface area (Å²) in [5, 5.41) is 9.35. The minimum atomic E-state index is -0.614. The molecule has 19 heavy (non-hydrogen) atoms. The second-order valence-electron chi connectivity index (χ2n) is 5.77. The minimum Gasteiger partial charge on any atom is -0.493 e. The van der Waals surface area contributed by atoms with Crippen LogP contribution in [0, 0.1) is 11.8 Å². The fourth-order valence-corrected chi connectivity index (χ4v) is 3.60. The average molecular weight is 260 g/mol. The van der Waals surface area contributed by atoms with Crippen molar-refractivity contribution in [1.82, 2.24) is 0 Å². The highest BCUT2D eigenvalue weighted by Gasteiger charge is 2.34. The van der Waals surface area contributed by atoms with Gasteiger partial charge in [0, 0.05) is 11.5 Å². The number of carboxylic acid groups (broad SMARTS) is 1. The van der Waals surface area contributed by atoms with Crippen LogP contribution in [0.1, 0.15) is 43.6 Å². The molecular formula is C16H20O3. The molecule has 3 rings (SSSR count). The van der Waals surface area contributed by atoms with Crippen LogP contribution in [0.2, 0.25) is 0 Å². The molecule has 0 bridgehead atoms. The molecule has 1 aliphatic carbocycles. The third-order valence-electron chi connectivity index (χ3n) is 4.61. The summed E-state index contributed by atoms with van der Waals surface area (Å²) in [5.74, 6) is 0.903. The van der Waals surface area contributed by atoms with Crippen molar-refractivity contribution in [2.75, 3.05) is 6.61 Å². The van der Waals surface area contributed by atoms with Gasteiger partial charge in [0.1, 0.15) is 5.75 Å². The highest BCUT2D eigenvalue weighted by molar-refractivity contribution is 5.70. The monoisotopic (exact) mass is 260 g/mol. The predicted molar refractivity (Wildman–Crippen MR) is 72.4 cm³/mol. The number of rotatable bonds is 3. The third-order valence-corrected chi connectivity index (χ3v) is 4.61. The molecule has 1 heterocycles. The maximum absolute atomic E-state index is 11.4. The van der Waals surface area contributed by atoms with Crippen molar-refractivity contribution in [2.24, 2.45) is 11.8 Å². The van der Waals surface area contributed by atoms with Crippen molar-refractivity contribution in [3.63, 3.8) is 0 Å². The number of hydrogen-bond donors (Lipinski definition) is 1. The summed E-state index contributed by atoms with van der Waals surface area (Å²) < 4.78 is 5.70. The van der Waals surface area contributed by atoms with Gasteiger partial charge in [0.25, 0.3) is 0 Å². The zero-order valence-corrected chi connectivity index (χ0v) is 11.0. The van der Waals surface area contributed by atoms with Crippen LogP contribution in [-0.2, 0) is 4.79 Å². The van der Waals surface area contributed by atoms with Gasteiger partial charge in [0.05, 0.1) is 12.5 Å². The molecule has 0 saturated heterocycles. The van der Waals surface area contributed by atoms with Gasteiger partial charge in [-0.1, -0.05) is 31.0 Å². The molecule has 3 atom stereocenters. The van der Waals surface area contributed by atoms with Crippen molar-refractivity contribution in [3.8, 4) is 5.75 Å². The fraction of sp³-hybridized carbons (Fsp3) is 0.562. The highest BCUT2D eigenvalue weighted by atomic mass is 16.5. The number of ether oxygens (including phenoxy) is 1. The Morgan fingerprint density at radius 1 is 1.26 bits per heavy atom. The Bertz CT molecular complexity index is 469. The lowest BCUT2D eigenvalue weighted by atomic mass is 9.74. The number of para-hydroxylation sites is 1. The molecular weight excluding hydrogens is 240 g/mol. The molecule has 0 spiro atoms. The van der Waals surface area contributed by atoms with E-state index in [-0.39, 0.29) is 5.92 Å². The number of carbonyl (C=O) groups is 1. The van der Waals surface area contributed by atoms with Crippen LogP contribution in [0.25, 0.3) is 0 Å². The molecule has 1 aliphatic heterocycles. The van der Waals surface area contributed by atoms with E-state index in [1.807, 2.05) is 18.2 Å². The third kappa shape index (κ3) is 2.46. The van der Waals surface area contributed by atoms with Gasteiger partial charge in [-0.05, 0) is 31.2 Å². The van der Waals surface area contributed by atoms with E-state index >= 15 is 0 Å². The standard InChI is InChI=1S/C16H20O3/c17-16(18)14-7-2-1-5-11(14)9-12-10-19-15-8-4-3-6-13(12)15/h3-4,6,8,11-12,14H,1-2,5,7,9-10H2,(H,17,18). The van der Waals surface area contributed by atoms with E-state index in [4.69, 9.17) is 4.74 Å². The van der Waals surface area contributed by atoms with Crippen LogP contribution in [0.4, 0.5) is 0 Å². The Labute approximate surface area is 113 Å². The van der Waals surface area contributed by atoms with Gasteiger partial charge in [0.2, 0.25) is 0 Å². The Balaban J connectivity index is 1.73. The number of carboxylic acids is 1. The summed E-state index contributed by atoms with van der Waals surface area (Å²) >= 11 is 0. The summed E-state index contributed by atoms with van der Waals surface area (Å²) in [6, 6.07) is 8.15. The molecule has 0 aromatic heterocycles. The molecule has 3 heteroatoms. The molecule has 1 fully saturated rings. The number of benzene rings is 1. The van der Waals surface area contributed by atoms with Crippen LogP contribution in [0.15, 0.2) is 24.3 Å². The van der Waals surface area contributed by atoms with Gasteiger partial charge in [-0.2, -0.15) is 0 Å².